The first kappa shape index (κ1) is 71.6. The van der Waals surface area contributed by atoms with Crippen molar-refractivity contribution in [2.24, 2.45) is 0 Å². The summed E-state index contributed by atoms with van der Waals surface area (Å²) in [6, 6.07) is 122. The van der Waals surface area contributed by atoms with Crippen LogP contribution in [0.25, 0.3) is 132 Å². The van der Waals surface area contributed by atoms with Crippen LogP contribution in [0, 0.1) is 0 Å². The largest absolute Gasteiger partial charge is 0.454 e. The molecule has 17 aromatic carbocycles. The second-order valence-electron chi connectivity index (χ2n) is 34.1. The van der Waals surface area contributed by atoms with Crippen LogP contribution in [0.1, 0.15) is 99.9 Å². The molecule has 4 aliphatic carbocycles. The number of hydrogen-bond acceptors (Lipinski definition) is 6. The van der Waals surface area contributed by atoms with E-state index in [0.29, 0.717) is 0 Å². The molecule has 3 heterocycles. The lowest BCUT2D eigenvalue weighted by molar-refractivity contribution is 0.639. The Balaban J connectivity index is 0.000000136. The van der Waals surface area contributed by atoms with E-state index >= 15 is 0 Å². The quantitative estimate of drug-likeness (QED) is 0.164. The van der Waals surface area contributed by atoms with E-state index in [9.17, 15) is 0 Å². The van der Waals surface area contributed by atoms with Crippen LogP contribution in [0.5, 0.6) is 0 Å². The van der Waals surface area contributed by atoms with E-state index in [1.165, 1.54) is 115 Å². The third kappa shape index (κ3) is 10.9. The van der Waals surface area contributed by atoms with E-state index < -0.39 is 0 Å². The molecule has 8 heteroatoms. The highest BCUT2D eigenvalue weighted by Gasteiger charge is 2.46. The molecule has 0 atom stereocenters. The van der Waals surface area contributed by atoms with Crippen LogP contribution < -0.4 is 15.1 Å². The number of nitrogens with one attached hydrogen (secondary N) is 1. The van der Waals surface area contributed by atoms with Crippen molar-refractivity contribution in [1.29, 1.82) is 0 Å². The normalized spacial score (nSPS) is 14.3. The number of anilines is 8. The Morgan fingerprint density at radius 2 is 0.627 bits per heavy atom. The maximum Gasteiger partial charge on any atom is 0.159 e. The highest BCUT2D eigenvalue weighted by atomic mass is 79.9. The molecular formula is C110H81Br2N3O3. The summed E-state index contributed by atoms with van der Waals surface area (Å²) < 4.78 is 21.7. The minimum atomic E-state index is -0.294. The third-order valence-electron chi connectivity index (χ3n) is 26.1. The number of halogens is 2. The van der Waals surface area contributed by atoms with E-state index in [0.717, 1.165) is 116 Å². The second kappa shape index (κ2) is 26.8. The lowest BCUT2D eigenvalue weighted by atomic mass is 9.77. The molecule has 0 bridgehead atoms. The Bertz CT molecular complexity index is 7570. The lowest BCUT2D eigenvalue weighted by Gasteiger charge is -2.30. The van der Waals surface area contributed by atoms with Crippen LogP contribution in [0.2, 0.25) is 0 Å². The fourth-order valence-corrected chi connectivity index (χ4v) is 21.1. The standard InChI is InChI=1S/C64H46N2O2.C28H22Br2.C18H13NO/c1-63(2)51-35-41(65(39-19-7-5-8-20-39)55-29-17-27-47-44-24-13-15-31-58(44)67-61(47)55)33-34-42(51)49-36-50-53(37-52(49)63)64(3,4)54-38-57(43-23-11-12-26-46(43)60(50)54)66(40-21-9-6-10-22-40)56-30-18-28-48-45-25-14-16-32-59(45)68-62(48)56;1-27(2)21-11-15(29)9-10-16(21)19-12-20-23(13-22(19)27)28(3,4)24-14-25(30)17-7-5-6-8-18(17)26(20)24;1-2-7-13(8-3-1)19-16-11-6-10-15-14-9-4-5-12-17(14)20-18(15)16/h5-38H,1-4H3;5-14H,1-4H3;1-12,19H. The number of furan rings is 3. The molecule has 24 rings (SSSR count). The zero-order chi connectivity index (χ0) is 79.8. The van der Waals surface area contributed by atoms with Crippen LogP contribution in [-0.4, -0.2) is 0 Å². The first-order valence-corrected chi connectivity index (χ1v) is 42.3. The Morgan fingerprint density at radius 3 is 1.17 bits per heavy atom. The average molecular weight is 1650 g/mol. The SMILES string of the molecule is CC1(C)c2cc(Br)ccc2-c2cc3c(cc21)C(C)(C)c1cc(Br)c2ccccc2c1-3.CC1(C)c2cc(N(c3ccccc3)c3cccc4c3oc3ccccc34)ccc2-c2cc3c(cc21)C(C)(C)c1cc(N(c2ccccc2)c2cccc4c2oc2ccccc24)c2ccccc2c1-3.c1ccc(Nc2cccc3c2oc2ccccc23)cc1. The van der Waals surface area contributed by atoms with Crippen LogP contribution in [0.15, 0.2) is 362 Å². The Labute approximate surface area is 702 Å². The predicted octanol–water partition coefficient (Wildman–Crippen LogP) is 32.5. The number of fused-ring (bicyclic) bond motifs is 25. The maximum atomic E-state index is 6.74. The van der Waals surface area contributed by atoms with E-state index in [4.69, 9.17) is 13.3 Å². The summed E-state index contributed by atoms with van der Waals surface area (Å²) in [6.45, 7) is 19.1. The zero-order valence-electron chi connectivity index (χ0n) is 66.7. The van der Waals surface area contributed by atoms with Crippen molar-refractivity contribution in [3.05, 3.63) is 393 Å². The van der Waals surface area contributed by atoms with Gasteiger partial charge in [-0.2, -0.15) is 0 Å². The molecule has 118 heavy (non-hydrogen) atoms. The van der Waals surface area contributed by atoms with Crippen LogP contribution in [0.4, 0.5) is 45.5 Å². The minimum Gasteiger partial charge on any atom is -0.454 e. The molecule has 0 spiro atoms. The van der Waals surface area contributed by atoms with Gasteiger partial charge < -0.3 is 28.4 Å². The monoisotopic (exact) mass is 1650 g/mol. The van der Waals surface area contributed by atoms with Gasteiger partial charge in [-0.05, 0) is 227 Å². The van der Waals surface area contributed by atoms with Crippen LogP contribution in [0.3, 0.4) is 0 Å². The summed E-state index contributed by atoms with van der Waals surface area (Å²) in [5.41, 5.74) is 35.1. The number of para-hydroxylation sites is 9. The van der Waals surface area contributed by atoms with E-state index in [1.54, 1.807) is 0 Å². The minimum absolute atomic E-state index is 0.00299. The van der Waals surface area contributed by atoms with Crippen molar-refractivity contribution in [3.63, 3.8) is 0 Å². The predicted molar refractivity (Wildman–Crippen MR) is 501 cm³/mol. The summed E-state index contributed by atoms with van der Waals surface area (Å²) in [4.78, 5) is 4.78. The average Bonchev–Trinajstić information content (AvgIpc) is 1.54. The van der Waals surface area contributed by atoms with Gasteiger partial charge in [0.15, 0.2) is 16.7 Å². The van der Waals surface area contributed by atoms with Crippen LogP contribution in [-0.2, 0) is 21.7 Å². The Kier molecular flexibility index (Phi) is 16.2. The maximum absolute atomic E-state index is 6.74. The van der Waals surface area contributed by atoms with E-state index in [-0.39, 0.29) is 21.7 Å². The molecule has 0 radical (unpaired) electrons. The number of benzene rings is 17. The van der Waals surface area contributed by atoms with Crippen molar-refractivity contribution < 1.29 is 13.3 Å². The van der Waals surface area contributed by atoms with Gasteiger partial charge in [0.25, 0.3) is 0 Å². The molecule has 20 aromatic rings. The molecule has 3 aromatic heterocycles. The molecule has 0 saturated carbocycles. The van der Waals surface area contributed by atoms with Crippen molar-refractivity contribution in [2.45, 2.75) is 77.0 Å². The highest BCUT2D eigenvalue weighted by molar-refractivity contribution is 9.11. The summed E-state index contributed by atoms with van der Waals surface area (Å²) in [5, 5.41) is 15.2. The van der Waals surface area contributed by atoms with Crippen molar-refractivity contribution in [2.75, 3.05) is 15.1 Å². The molecule has 0 aliphatic heterocycles. The molecule has 4 aliphatic rings. The molecule has 0 fully saturated rings. The molecular weight excluding hydrogens is 1570 g/mol. The Hall–Kier alpha value is -13.0. The zero-order valence-corrected chi connectivity index (χ0v) is 69.9. The fourth-order valence-electron chi connectivity index (χ4n) is 20.2. The van der Waals surface area contributed by atoms with E-state index in [2.05, 4.69) is 375 Å². The van der Waals surface area contributed by atoms with Gasteiger partial charge >= 0.3 is 0 Å². The fraction of sp³-hybridized carbons (Fsp3) is 0.109. The number of nitrogens with zero attached hydrogens (tertiary/aromatic N) is 2. The van der Waals surface area contributed by atoms with Crippen LogP contribution >= 0.6 is 31.9 Å². The molecule has 0 unspecified atom stereocenters. The van der Waals surface area contributed by atoms with Gasteiger partial charge in [-0.15, -0.1) is 0 Å². The second-order valence-corrected chi connectivity index (χ2v) is 35.9. The smallest absolute Gasteiger partial charge is 0.159 e. The molecule has 0 amide bonds. The van der Waals surface area contributed by atoms with Crippen molar-refractivity contribution >= 4 is 165 Å². The first-order valence-electron chi connectivity index (χ1n) is 40.7. The lowest BCUT2D eigenvalue weighted by Crippen LogP contribution is -2.20. The number of rotatable bonds is 8. The molecule has 568 valence electrons. The third-order valence-corrected chi connectivity index (χ3v) is 27.2. The van der Waals surface area contributed by atoms with Crippen molar-refractivity contribution in [3.8, 4) is 44.5 Å². The topological polar surface area (TPSA) is 57.9 Å². The first-order chi connectivity index (χ1) is 57.4. The van der Waals surface area contributed by atoms with Gasteiger partial charge in [-0.1, -0.05) is 306 Å². The van der Waals surface area contributed by atoms with Gasteiger partial charge in [-0.3, -0.25) is 0 Å². The van der Waals surface area contributed by atoms with Gasteiger partial charge in [0.2, 0.25) is 0 Å². The summed E-state index contributed by atoms with van der Waals surface area (Å²) in [5.74, 6) is 0. The van der Waals surface area contributed by atoms with Gasteiger partial charge in [-0.25, -0.2) is 0 Å². The van der Waals surface area contributed by atoms with E-state index in [1.807, 2.05) is 66.7 Å². The molecule has 1 N–H and O–H groups in total. The Morgan fingerprint density at radius 1 is 0.246 bits per heavy atom. The van der Waals surface area contributed by atoms with Gasteiger partial charge in [0.05, 0.1) is 22.7 Å². The molecule has 0 saturated heterocycles. The number of hydrogen-bond donors (Lipinski definition) is 1. The molecule has 6 nitrogen and oxygen atoms in total. The summed E-state index contributed by atoms with van der Waals surface area (Å²) in [7, 11) is 0. The van der Waals surface area contributed by atoms with Crippen molar-refractivity contribution in [1.82, 2.24) is 0 Å². The summed E-state index contributed by atoms with van der Waals surface area (Å²) >= 11 is 7.53. The van der Waals surface area contributed by atoms with Gasteiger partial charge in [0.1, 0.15) is 16.7 Å². The summed E-state index contributed by atoms with van der Waals surface area (Å²) in [6.07, 6.45) is 0. The highest BCUT2D eigenvalue weighted by Crippen LogP contribution is 2.62. The van der Waals surface area contributed by atoms with Gasteiger partial charge in [0, 0.05) is 91.1 Å².